The number of rotatable bonds is 3. The van der Waals surface area contributed by atoms with E-state index in [0.29, 0.717) is 0 Å². The molecule has 0 radical (unpaired) electrons. The molecule has 3 heterocycles. The van der Waals surface area contributed by atoms with Gasteiger partial charge in [-0.2, -0.15) is 0 Å². The number of benzene rings is 2. The molecule has 0 amide bonds. The Balaban J connectivity index is 1.48. The largest absolute Gasteiger partial charge is 0.355 e. The third-order valence-electron chi connectivity index (χ3n) is 6.11. The van der Waals surface area contributed by atoms with Gasteiger partial charge in [0, 0.05) is 67.5 Å². The summed E-state index contributed by atoms with van der Waals surface area (Å²) in [6.45, 7) is 10.1. The number of hydrogen-bond donors (Lipinski definition) is 3. The molecule has 1 fully saturated rings. The summed E-state index contributed by atoms with van der Waals surface area (Å²) in [5.41, 5.74) is 7.53. The number of fused-ring (bicyclic) bond motifs is 2. The number of nitrogens with one attached hydrogen (secondary N) is 3. The summed E-state index contributed by atoms with van der Waals surface area (Å²) < 4.78 is 0. The lowest BCUT2D eigenvalue weighted by molar-refractivity contribution is 0.233. The zero-order valence-corrected chi connectivity index (χ0v) is 16.5. The third kappa shape index (κ3) is 3.01. The molecule has 3 N–H and O–H groups in total. The van der Waals surface area contributed by atoms with Gasteiger partial charge in [-0.1, -0.05) is 38.1 Å². The van der Waals surface area contributed by atoms with Gasteiger partial charge in [-0.05, 0) is 28.8 Å². The van der Waals surface area contributed by atoms with Crippen LogP contribution in [0.2, 0.25) is 0 Å². The summed E-state index contributed by atoms with van der Waals surface area (Å²) in [5.74, 6) is 0.902. The van der Waals surface area contributed by atoms with Crippen LogP contribution >= 0.6 is 0 Å². The molecule has 2 aliphatic heterocycles. The highest BCUT2D eigenvalue weighted by Gasteiger charge is 2.33. The van der Waals surface area contributed by atoms with Crippen LogP contribution in [0.5, 0.6) is 0 Å². The van der Waals surface area contributed by atoms with Crippen LogP contribution in [-0.4, -0.2) is 41.0 Å². The minimum absolute atomic E-state index is 0.0446. The first kappa shape index (κ1) is 17.5. The van der Waals surface area contributed by atoms with Crippen molar-refractivity contribution >= 4 is 11.4 Å². The van der Waals surface area contributed by atoms with Crippen LogP contribution < -0.4 is 10.6 Å². The fraction of sp³-hybridized carbons (Fsp3) is 0.348. The van der Waals surface area contributed by atoms with Gasteiger partial charge in [0.15, 0.2) is 0 Å². The maximum Gasteiger partial charge on any atom is 0.137 e. The summed E-state index contributed by atoms with van der Waals surface area (Å²) in [5, 5.41) is 7.09. The zero-order valence-electron chi connectivity index (χ0n) is 16.5. The highest BCUT2D eigenvalue weighted by molar-refractivity contribution is 5.79. The van der Waals surface area contributed by atoms with Gasteiger partial charge in [0.2, 0.25) is 0 Å². The summed E-state index contributed by atoms with van der Waals surface area (Å²) in [7, 11) is 0. The normalized spacial score (nSPS) is 18.2. The average molecular weight is 374 g/mol. The van der Waals surface area contributed by atoms with Gasteiger partial charge in [0.25, 0.3) is 0 Å². The van der Waals surface area contributed by atoms with Crippen molar-refractivity contribution in [3.63, 3.8) is 0 Å². The first-order valence-corrected chi connectivity index (χ1v) is 10.1. The molecular weight excluding hydrogens is 346 g/mol. The summed E-state index contributed by atoms with van der Waals surface area (Å²) >= 11 is 0. The lowest BCUT2D eigenvalue weighted by Crippen LogP contribution is -2.42. The fourth-order valence-corrected chi connectivity index (χ4v) is 4.50. The minimum atomic E-state index is -0.0446. The summed E-state index contributed by atoms with van der Waals surface area (Å²) in [6, 6.07) is 13.5. The molecule has 28 heavy (non-hydrogen) atoms. The van der Waals surface area contributed by atoms with Crippen LogP contribution in [0, 0.1) is 0 Å². The van der Waals surface area contributed by atoms with E-state index in [1.54, 1.807) is 6.20 Å². The molecule has 1 aromatic heterocycles. The highest BCUT2D eigenvalue weighted by Crippen LogP contribution is 2.46. The Kier molecular flexibility index (Phi) is 4.22. The number of imidazole rings is 1. The number of piperazine rings is 1. The van der Waals surface area contributed by atoms with Crippen molar-refractivity contribution in [3.05, 3.63) is 65.5 Å². The van der Waals surface area contributed by atoms with Crippen molar-refractivity contribution in [1.82, 2.24) is 20.2 Å². The van der Waals surface area contributed by atoms with E-state index in [4.69, 9.17) is 0 Å². The van der Waals surface area contributed by atoms with E-state index >= 15 is 0 Å². The number of aromatic amines is 1. The maximum atomic E-state index is 4.39. The van der Waals surface area contributed by atoms with Crippen LogP contribution in [0.15, 0.2) is 48.8 Å². The molecule has 5 heteroatoms. The van der Waals surface area contributed by atoms with E-state index in [1.165, 1.54) is 28.1 Å². The Morgan fingerprint density at radius 1 is 1.00 bits per heavy atom. The van der Waals surface area contributed by atoms with Crippen LogP contribution in [0.1, 0.15) is 30.5 Å². The van der Waals surface area contributed by atoms with E-state index in [1.807, 2.05) is 6.20 Å². The molecule has 0 atom stereocenters. The second kappa shape index (κ2) is 6.76. The molecule has 1 saturated heterocycles. The van der Waals surface area contributed by atoms with Gasteiger partial charge in [0.05, 0.1) is 0 Å². The number of H-pyrrole nitrogens is 1. The molecule has 0 unspecified atom stereocenters. The number of hydrogen-bond acceptors (Lipinski definition) is 4. The number of anilines is 2. The molecule has 2 aliphatic rings. The quantitative estimate of drug-likeness (QED) is 0.652. The van der Waals surface area contributed by atoms with E-state index < -0.39 is 0 Å². The van der Waals surface area contributed by atoms with Crippen LogP contribution in [0.4, 0.5) is 11.4 Å². The Labute approximate surface area is 166 Å². The second-order valence-electron chi connectivity index (χ2n) is 8.35. The maximum absolute atomic E-state index is 4.39. The smallest absolute Gasteiger partial charge is 0.137 e. The van der Waals surface area contributed by atoms with Crippen molar-refractivity contribution in [1.29, 1.82) is 0 Å². The molecule has 0 bridgehead atoms. The number of aromatic nitrogens is 2. The standard InChI is InChI=1S/C23H27N5/c1-23(2)18-5-4-17(22-25-7-8-26-22)14-21(18)27-20-6-3-16(13-19(20)23)15-28-11-9-24-10-12-28/h3-8,13-14,24,27H,9-12,15H2,1-2H3,(H,25,26). The lowest BCUT2D eigenvalue weighted by Gasteiger charge is -2.36. The van der Waals surface area contributed by atoms with E-state index in [-0.39, 0.29) is 5.41 Å². The predicted molar refractivity (Wildman–Crippen MR) is 114 cm³/mol. The van der Waals surface area contributed by atoms with Gasteiger partial charge >= 0.3 is 0 Å². The van der Waals surface area contributed by atoms with Crippen molar-refractivity contribution in [2.75, 3.05) is 31.5 Å². The van der Waals surface area contributed by atoms with Crippen LogP contribution in [0.3, 0.4) is 0 Å². The Bertz CT molecular complexity index is 984. The zero-order chi connectivity index (χ0) is 19.1. The molecule has 0 saturated carbocycles. The van der Waals surface area contributed by atoms with Gasteiger partial charge in [-0.25, -0.2) is 4.98 Å². The van der Waals surface area contributed by atoms with E-state index in [9.17, 15) is 0 Å². The molecule has 2 aromatic carbocycles. The van der Waals surface area contributed by atoms with Gasteiger partial charge in [-0.3, -0.25) is 4.90 Å². The van der Waals surface area contributed by atoms with Crippen molar-refractivity contribution in [2.24, 2.45) is 0 Å². The Morgan fingerprint density at radius 2 is 1.86 bits per heavy atom. The SMILES string of the molecule is CC1(C)c2ccc(-c3ncc[nH]3)cc2Nc2ccc(CN3CCNCC3)cc21. The van der Waals surface area contributed by atoms with E-state index in [2.05, 4.69) is 75.7 Å². The van der Waals surface area contributed by atoms with E-state index in [0.717, 1.165) is 44.1 Å². The molecule has 3 aromatic rings. The van der Waals surface area contributed by atoms with Crippen LogP contribution in [-0.2, 0) is 12.0 Å². The van der Waals surface area contributed by atoms with Crippen LogP contribution in [0.25, 0.3) is 11.4 Å². The fourth-order valence-electron chi connectivity index (χ4n) is 4.50. The molecule has 144 valence electrons. The molecule has 5 nitrogen and oxygen atoms in total. The van der Waals surface area contributed by atoms with Gasteiger partial charge in [0.1, 0.15) is 5.82 Å². The third-order valence-corrected chi connectivity index (χ3v) is 6.11. The van der Waals surface area contributed by atoms with Crippen molar-refractivity contribution in [2.45, 2.75) is 25.8 Å². The lowest BCUT2D eigenvalue weighted by atomic mass is 9.73. The summed E-state index contributed by atoms with van der Waals surface area (Å²) in [6.07, 6.45) is 3.66. The highest BCUT2D eigenvalue weighted by atomic mass is 15.2. The van der Waals surface area contributed by atoms with Crippen molar-refractivity contribution < 1.29 is 0 Å². The average Bonchev–Trinajstić information content (AvgIpc) is 3.24. The Hall–Kier alpha value is -2.63. The van der Waals surface area contributed by atoms with Gasteiger partial charge < -0.3 is 15.6 Å². The second-order valence-corrected chi connectivity index (χ2v) is 8.35. The molecule has 0 aliphatic carbocycles. The number of nitrogens with zero attached hydrogens (tertiary/aromatic N) is 2. The van der Waals surface area contributed by atoms with Gasteiger partial charge in [-0.15, -0.1) is 0 Å². The first-order chi connectivity index (χ1) is 13.6. The monoisotopic (exact) mass is 373 g/mol. The molecule has 5 rings (SSSR count). The summed E-state index contributed by atoms with van der Waals surface area (Å²) in [4.78, 5) is 10.1. The predicted octanol–water partition coefficient (Wildman–Crippen LogP) is 3.86. The minimum Gasteiger partial charge on any atom is -0.355 e. The first-order valence-electron chi connectivity index (χ1n) is 10.1. The molecular formula is C23H27N5. The molecule has 0 spiro atoms. The van der Waals surface area contributed by atoms with Crippen molar-refractivity contribution in [3.8, 4) is 11.4 Å². The Morgan fingerprint density at radius 3 is 2.64 bits per heavy atom. The topological polar surface area (TPSA) is 56.0 Å².